The third-order valence-corrected chi connectivity index (χ3v) is 5.63. The zero-order valence-electron chi connectivity index (χ0n) is 17.0. The minimum absolute atomic E-state index is 0.0292. The highest BCUT2D eigenvalue weighted by molar-refractivity contribution is 6.33. The average molecular weight is 439 g/mol. The van der Waals surface area contributed by atoms with Gasteiger partial charge in [-0.05, 0) is 60.8 Å². The van der Waals surface area contributed by atoms with Crippen molar-refractivity contribution in [2.75, 3.05) is 23.7 Å². The molecule has 4 rings (SSSR count). The van der Waals surface area contributed by atoms with Crippen LogP contribution in [0.15, 0.2) is 60.8 Å². The molecule has 0 aliphatic carbocycles. The summed E-state index contributed by atoms with van der Waals surface area (Å²) in [5.41, 5.74) is 3.41. The molecule has 3 aromatic rings. The van der Waals surface area contributed by atoms with Gasteiger partial charge in [-0.25, -0.2) is 9.37 Å². The molecule has 160 valence electrons. The van der Waals surface area contributed by atoms with Crippen LogP contribution in [0, 0.1) is 11.7 Å². The van der Waals surface area contributed by atoms with Gasteiger partial charge in [-0.2, -0.15) is 0 Å². The van der Waals surface area contributed by atoms with Gasteiger partial charge < -0.3 is 16.0 Å². The summed E-state index contributed by atoms with van der Waals surface area (Å²) in [6.45, 7) is 2.14. The molecule has 1 aromatic heterocycles. The van der Waals surface area contributed by atoms with Gasteiger partial charge >= 0.3 is 0 Å². The zero-order chi connectivity index (χ0) is 21.6. The van der Waals surface area contributed by atoms with Crippen LogP contribution in [0.25, 0.3) is 11.1 Å². The number of anilines is 2. The van der Waals surface area contributed by atoms with E-state index in [1.807, 2.05) is 30.3 Å². The molecule has 5 nitrogen and oxygen atoms in total. The Hall–Kier alpha value is -2.96. The van der Waals surface area contributed by atoms with E-state index >= 15 is 0 Å². The van der Waals surface area contributed by atoms with Crippen LogP contribution in [0.1, 0.15) is 18.4 Å². The summed E-state index contributed by atoms with van der Waals surface area (Å²) in [5.74, 6) is 0.145. The largest absolute Gasteiger partial charge is 0.381 e. The third-order valence-electron chi connectivity index (χ3n) is 5.33. The molecule has 1 fully saturated rings. The summed E-state index contributed by atoms with van der Waals surface area (Å²) >= 11 is 6.41. The fourth-order valence-corrected chi connectivity index (χ4v) is 3.89. The van der Waals surface area contributed by atoms with Crippen LogP contribution in [0.3, 0.4) is 0 Å². The number of aromatic nitrogens is 1. The lowest BCUT2D eigenvalue weighted by Gasteiger charge is -2.21. The first-order valence-corrected chi connectivity index (χ1v) is 10.7. The number of benzene rings is 2. The van der Waals surface area contributed by atoms with Crippen molar-refractivity contribution in [3.8, 4) is 11.1 Å². The third kappa shape index (κ3) is 5.60. The molecule has 1 aliphatic rings. The van der Waals surface area contributed by atoms with E-state index in [1.54, 1.807) is 18.3 Å². The van der Waals surface area contributed by atoms with Crippen molar-refractivity contribution in [2.24, 2.45) is 5.92 Å². The Kier molecular flexibility index (Phi) is 6.79. The average Bonchev–Trinajstić information content (AvgIpc) is 2.80. The minimum atomic E-state index is -0.254. The molecule has 0 radical (unpaired) electrons. The Balaban J connectivity index is 1.48. The van der Waals surface area contributed by atoms with Gasteiger partial charge in [0.2, 0.25) is 5.91 Å². The van der Waals surface area contributed by atoms with E-state index in [1.165, 1.54) is 12.1 Å². The molecule has 1 aliphatic heterocycles. The normalized spacial score (nSPS) is 16.0. The molecule has 1 saturated heterocycles. The molecule has 3 N–H and O–H groups in total. The number of nitrogens with zero attached hydrogens (tertiary/aromatic N) is 1. The van der Waals surface area contributed by atoms with E-state index in [0.29, 0.717) is 23.9 Å². The van der Waals surface area contributed by atoms with Gasteiger partial charge in [0.05, 0.1) is 10.9 Å². The molecule has 1 unspecified atom stereocenters. The SMILES string of the molecule is O=C(Nc1cc(-c2cccc(NCc3cccc(F)c3)c2)c(Cl)cn1)C1CCCNC1. The van der Waals surface area contributed by atoms with E-state index < -0.39 is 0 Å². The monoisotopic (exact) mass is 438 g/mol. The van der Waals surface area contributed by atoms with Gasteiger partial charge in [-0.15, -0.1) is 0 Å². The number of piperidine rings is 1. The lowest BCUT2D eigenvalue weighted by atomic mass is 9.99. The summed E-state index contributed by atoms with van der Waals surface area (Å²) in [6.07, 6.45) is 3.42. The molecule has 0 saturated carbocycles. The van der Waals surface area contributed by atoms with Crippen LogP contribution in [0.2, 0.25) is 5.02 Å². The molecule has 2 aromatic carbocycles. The lowest BCUT2D eigenvalue weighted by Crippen LogP contribution is -2.37. The number of hydrogen-bond acceptors (Lipinski definition) is 4. The number of halogens is 2. The van der Waals surface area contributed by atoms with Crippen molar-refractivity contribution in [3.63, 3.8) is 0 Å². The van der Waals surface area contributed by atoms with Crippen LogP contribution < -0.4 is 16.0 Å². The first kappa shape index (κ1) is 21.3. The lowest BCUT2D eigenvalue weighted by molar-refractivity contribution is -0.120. The molecular formula is C24H24ClFN4O. The second-order valence-corrected chi connectivity index (χ2v) is 8.05. The first-order chi connectivity index (χ1) is 15.1. The highest BCUT2D eigenvalue weighted by Crippen LogP contribution is 2.31. The zero-order valence-corrected chi connectivity index (χ0v) is 17.8. The topological polar surface area (TPSA) is 66.0 Å². The summed E-state index contributed by atoms with van der Waals surface area (Å²) < 4.78 is 13.4. The predicted molar refractivity (Wildman–Crippen MR) is 123 cm³/mol. The van der Waals surface area contributed by atoms with Crippen LogP contribution in [0.5, 0.6) is 0 Å². The number of nitrogens with one attached hydrogen (secondary N) is 3. The summed E-state index contributed by atoms with van der Waals surface area (Å²) in [5, 5.41) is 9.97. The van der Waals surface area contributed by atoms with Gasteiger partial charge in [-0.3, -0.25) is 4.79 Å². The van der Waals surface area contributed by atoms with Crippen molar-refractivity contribution < 1.29 is 9.18 Å². The maximum absolute atomic E-state index is 13.4. The Bertz CT molecular complexity index is 1070. The summed E-state index contributed by atoms with van der Waals surface area (Å²) in [4.78, 5) is 16.8. The molecule has 0 spiro atoms. The van der Waals surface area contributed by atoms with Crippen molar-refractivity contribution in [2.45, 2.75) is 19.4 Å². The van der Waals surface area contributed by atoms with E-state index in [4.69, 9.17) is 11.6 Å². The smallest absolute Gasteiger partial charge is 0.229 e. The molecular weight excluding hydrogens is 415 g/mol. The fraction of sp³-hybridized carbons (Fsp3) is 0.250. The Morgan fingerprint density at radius 3 is 2.87 bits per heavy atom. The predicted octanol–water partition coefficient (Wildman–Crippen LogP) is 5.09. The van der Waals surface area contributed by atoms with Gasteiger partial charge in [-0.1, -0.05) is 35.9 Å². The number of rotatable bonds is 6. The standard InChI is InChI=1S/C24H24ClFN4O/c25-22-15-29-23(30-24(31)18-6-3-9-27-14-18)12-21(22)17-5-2-8-20(11-17)28-13-16-4-1-7-19(26)10-16/h1-2,4-5,7-8,10-12,15,18,27-28H,3,6,9,13-14H2,(H,29,30,31). The first-order valence-electron chi connectivity index (χ1n) is 10.3. The van der Waals surface area contributed by atoms with E-state index in [2.05, 4.69) is 20.9 Å². The molecule has 1 amide bonds. The van der Waals surface area contributed by atoms with Crippen molar-refractivity contribution in [1.82, 2.24) is 10.3 Å². The second-order valence-electron chi connectivity index (χ2n) is 7.65. The highest BCUT2D eigenvalue weighted by atomic mass is 35.5. The fourth-order valence-electron chi connectivity index (χ4n) is 3.68. The van der Waals surface area contributed by atoms with Gasteiger partial charge in [0.25, 0.3) is 0 Å². The second kappa shape index (κ2) is 9.90. The van der Waals surface area contributed by atoms with Crippen LogP contribution in [-0.2, 0) is 11.3 Å². The molecule has 2 heterocycles. The number of pyridine rings is 1. The number of hydrogen-bond donors (Lipinski definition) is 3. The Morgan fingerprint density at radius 1 is 1.19 bits per heavy atom. The minimum Gasteiger partial charge on any atom is -0.381 e. The van der Waals surface area contributed by atoms with Gasteiger partial charge in [0, 0.05) is 30.5 Å². The molecule has 7 heteroatoms. The molecule has 31 heavy (non-hydrogen) atoms. The quantitative estimate of drug-likeness (QED) is 0.501. The molecule has 1 atom stereocenters. The van der Waals surface area contributed by atoms with Crippen LogP contribution in [-0.4, -0.2) is 24.0 Å². The van der Waals surface area contributed by atoms with Gasteiger partial charge in [0.1, 0.15) is 11.6 Å². The Labute approximate surface area is 186 Å². The van der Waals surface area contributed by atoms with Crippen molar-refractivity contribution >= 4 is 29.0 Å². The van der Waals surface area contributed by atoms with Crippen molar-refractivity contribution in [1.29, 1.82) is 0 Å². The van der Waals surface area contributed by atoms with E-state index in [-0.39, 0.29) is 17.6 Å². The number of amides is 1. The Morgan fingerprint density at radius 2 is 2.06 bits per heavy atom. The summed E-state index contributed by atoms with van der Waals surface area (Å²) in [7, 11) is 0. The highest BCUT2D eigenvalue weighted by Gasteiger charge is 2.21. The van der Waals surface area contributed by atoms with E-state index in [0.717, 1.165) is 41.8 Å². The maximum Gasteiger partial charge on any atom is 0.229 e. The van der Waals surface area contributed by atoms with Crippen molar-refractivity contribution in [3.05, 3.63) is 77.2 Å². The van der Waals surface area contributed by atoms with Gasteiger partial charge in [0.15, 0.2) is 0 Å². The maximum atomic E-state index is 13.4. The van der Waals surface area contributed by atoms with Crippen LogP contribution in [0.4, 0.5) is 15.9 Å². The van der Waals surface area contributed by atoms with E-state index in [9.17, 15) is 9.18 Å². The number of carbonyl (C=O) groups excluding carboxylic acids is 1. The summed E-state index contributed by atoms with van der Waals surface area (Å²) in [6, 6.07) is 16.1. The van der Waals surface area contributed by atoms with Crippen LogP contribution >= 0.6 is 11.6 Å². The number of carbonyl (C=O) groups is 1. The molecule has 0 bridgehead atoms.